The van der Waals surface area contributed by atoms with Gasteiger partial charge in [-0.25, -0.2) is 0 Å². The molecule has 0 aliphatic rings. The third-order valence-corrected chi connectivity index (χ3v) is 5.52. The highest BCUT2D eigenvalue weighted by atomic mass is 79.9. The van der Waals surface area contributed by atoms with Crippen LogP contribution in [-0.4, -0.2) is 33.9 Å². The molecule has 0 amide bonds. The minimum absolute atomic E-state index is 0.174. The van der Waals surface area contributed by atoms with Gasteiger partial charge in [0.1, 0.15) is 17.2 Å². The molecular formula is C21H27Br3O6. The molecule has 0 aliphatic carbocycles. The predicted octanol–water partition coefficient (Wildman–Crippen LogP) is 6.10. The van der Waals surface area contributed by atoms with E-state index in [1.54, 1.807) is 0 Å². The Labute approximate surface area is 202 Å². The minimum atomic E-state index is -0.397. The molecule has 30 heavy (non-hydrogen) atoms. The highest BCUT2D eigenvalue weighted by molar-refractivity contribution is 9.09. The van der Waals surface area contributed by atoms with Gasteiger partial charge in [0.25, 0.3) is 0 Å². The van der Waals surface area contributed by atoms with Crippen LogP contribution in [0.1, 0.15) is 57.8 Å². The van der Waals surface area contributed by atoms with Gasteiger partial charge in [-0.05, 0) is 38.5 Å². The molecule has 0 radical (unpaired) electrons. The van der Waals surface area contributed by atoms with Crippen molar-refractivity contribution in [3.8, 4) is 17.2 Å². The van der Waals surface area contributed by atoms with Crippen molar-refractivity contribution < 1.29 is 28.6 Å². The van der Waals surface area contributed by atoms with Crippen molar-refractivity contribution in [2.45, 2.75) is 57.8 Å². The number of ether oxygens (including phenoxy) is 3. The smallest absolute Gasteiger partial charge is 0.311 e. The summed E-state index contributed by atoms with van der Waals surface area (Å²) in [5.41, 5.74) is 0. The molecule has 0 N–H and O–H groups in total. The summed E-state index contributed by atoms with van der Waals surface area (Å²) in [4.78, 5) is 36.1. The van der Waals surface area contributed by atoms with Gasteiger partial charge in [0.2, 0.25) is 0 Å². The molecule has 1 aromatic carbocycles. The fraction of sp³-hybridized carbons (Fsp3) is 0.571. The molecule has 6 nitrogen and oxygen atoms in total. The molecular weight excluding hydrogens is 588 g/mol. The average molecular weight is 615 g/mol. The molecule has 9 heteroatoms. The molecule has 0 aromatic heterocycles. The number of alkyl halides is 3. The van der Waals surface area contributed by atoms with Crippen LogP contribution in [0.25, 0.3) is 0 Å². The largest absolute Gasteiger partial charge is 0.426 e. The first-order chi connectivity index (χ1) is 14.5. The average Bonchev–Trinajstić information content (AvgIpc) is 2.68. The second-order valence-corrected chi connectivity index (χ2v) is 8.88. The predicted molar refractivity (Wildman–Crippen MR) is 126 cm³/mol. The quantitative estimate of drug-likeness (QED) is 0.103. The van der Waals surface area contributed by atoms with Crippen molar-refractivity contribution in [2.75, 3.05) is 16.0 Å². The Balaban J connectivity index is 2.84. The van der Waals surface area contributed by atoms with E-state index in [0.29, 0.717) is 19.3 Å². The van der Waals surface area contributed by atoms with Gasteiger partial charge in [0, 0.05) is 53.5 Å². The summed E-state index contributed by atoms with van der Waals surface area (Å²) < 4.78 is 16.1. The van der Waals surface area contributed by atoms with Crippen LogP contribution < -0.4 is 14.2 Å². The van der Waals surface area contributed by atoms with Gasteiger partial charge in [-0.2, -0.15) is 0 Å². The van der Waals surface area contributed by atoms with Gasteiger partial charge in [-0.15, -0.1) is 0 Å². The van der Waals surface area contributed by atoms with Crippen molar-refractivity contribution in [3.63, 3.8) is 0 Å². The van der Waals surface area contributed by atoms with Crippen LogP contribution in [-0.2, 0) is 14.4 Å². The molecule has 0 unspecified atom stereocenters. The Morgan fingerprint density at radius 3 is 1.03 bits per heavy atom. The molecule has 0 spiro atoms. The van der Waals surface area contributed by atoms with Crippen molar-refractivity contribution >= 4 is 65.7 Å². The summed E-state index contributed by atoms with van der Waals surface area (Å²) in [5, 5.41) is 2.45. The summed E-state index contributed by atoms with van der Waals surface area (Å²) in [5.74, 6) is -0.669. The van der Waals surface area contributed by atoms with Crippen LogP contribution in [0.15, 0.2) is 18.2 Å². The fourth-order valence-corrected chi connectivity index (χ4v) is 3.55. The van der Waals surface area contributed by atoms with E-state index in [9.17, 15) is 14.4 Å². The first-order valence-corrected chi connectivity index (χ1v) is 13.3. The Kier molecular flexibility index (Phi) is 15.1. The van der Waals surface area contributed by atoms with Crippen LogP contribution in [0.4, 0.5) is 0 Å². The molecule has 0 saturated heterocycles. The van der Waals surface area contributed by atoms with Gasteiger partial charge < -0.3 is 14.2 Å². The summed E-state index contributed by atoms with van der Waals surface area (Å²) in [7, 11) is 0. The molecule has 168 valence electrons. The van der Waals surface area contributed by atoms with E-state index in [1.165, 1.54) is 18.2 Å². The van der Waals surface area contributed by atoms with E-state index < -0.39 is 17.9 Å². The number of hydrogen-bond donors (Lipinski definition) is 0. The second-order valence-electron chi connectivity index (χ2n) is 6.50. The maximum absolute atomic E-state index is 12.0. The van der Waals surface area contributed by atoms with Crippen molar-refractivity contribution in [1.29, 1.82) is 0 Å². The van der Waals surface area contributed by atoms with E-state index in [-0.39, 0.29) is 36.5 Å². The van der Waals surface area contributed by atoms with Crippen molar-refractivity contribution in [3.05, 3.63) is 18.2 Å². The van der Waals surface area contributed by atoms with E-state index in [1.807, 2.05) is 0 Å². The number of hydrogen-bond acceptors (Lipinski definition) is 6. The molecule has 0 heterocycles. The normalized spacial score (nSPS) is 10.5. The molecule has 0 saturated carbocycles. The zero-order chi connectivity index (χ0) is 22.2. The Morgan fingerprint density at radius 1 is 0.533 bits per heavy atom. The lowest BCUT2D eigenvalue weighted by Crippen LogP contribution is -2.11. The lowest BCUT2D eigenvalue weighted by molar-refractivity contribution is -0.134. The van der Waals surface area contributed by atoms with Crippen LogP contribution in [0.2, 0.25) is 0 Å². The summed E-state index contributed by atoms with van der Waals surface area (Å²) in [6.45, 7) is 0. The fourth-order valence-electron chi connectivity index (χ4n) is 2.36. The van der Waals surface area contributed by atoms with Crippen molar-refractivity contribution in [2.24, 2.45) is 0 Å². The van der Waals surface area contributed by atoms with Gasteiger partial charge in [-0.1, -0.05) is 47.8 Å². The number of unbranched alkanes of at least 4 members (excludes halogenated alkanes) is 3. The van der Waals surface area contributed by atoms with E-state index in [0.717, 1.165) is 35.3 Å². The van der Waals surface area contributed by atoms with Crippen molar-refractivity contribution in [1.82, 2.24) is 0 Å². The molecule has 1 rings (SSSR count). The highest BCUT2D eigenvalue weighted by Gasteiger charge is 2.14. The van der Waals surface area contributed by atoms with Gasteiger partial charge in [0.15, 0.2) is 0 Å². The number of benzene rings is 1. The van der Waals surface area contributed by atoms with E-state index in [2.05, 4.69) is 47.8 Å². The van der Waals surface area contributed by atoms with Gasteiger partial charge in [0.05, 0.1) is 0 Å². The zero-order valence-electron chi connectivity index (χ0n) is 16.8. The lowest BCUT2D eigenvalue weighted by Gasteiger charge is -2.11. The molecule has 1 aromatic rings. The SMILES string of the molecule is O=C(CCCCBr)Oc1cc(OC(=O)CCCCBr)cc(OC(=O)CCCCBr)c1. The van der Waals surface area contributed by atoms with E-state index in [4.69, 9.17) is 14.2 Å². The molecule has 0 atom stereocenters. The standard InChI is InChI=1S/C21H27Br3O6/c22-10-4-1-7-19(25)28-16-13-17(29-20(26)8-2-5-11-23)15-18(14-16)30-21(27)9-3-6-12-24/h13-15H,1-12H2. The molecule has 0 aliphatic heterocycles. The summed E-state index contributed by atoms with van der Waals surface area (Å²) in [6, 6.07) is 4.35. The van der Waals surface area contributed by atoms with Gasteiger partial charge in [-0.3, -0.25) is 14.4 Å². The number of carbonyl (C=O) groups excluding carboxylic acids is 3. The highest BCUT2D eigenvalue weighted by Crippen LogP contribution is 2.29. The third kappa shape index (κ3) is 12.7. The van der Waals surface area contributed by atoms with Crippen LogP contribution >= 0.6 is 47.8 Å². The zero-order valence-corrected chi connectivity index (χ0v) is 21.6. The molecule has 0 fully saturated rings. The Hall–Kier alpha value is -0.930. The first-order valence-electron chi connectivity index (χ1n) is 9.93. The Morgan fingerprint density at radius 2 is 0.800 bits per heavy atom. The number of esters is 3. The van der Waals surface area contributed by atoms with Crippen LogP contribution in [0.3, 0.4) is 0 Å². The monoisotopic (exact) mass is 612 g/mol. The summed E-state index contributed by atoms with van der Waals surface area (Å²) in [6.07, 6.45) is 5.47. The topological polar surface area (TPSA) is 78.9 Å². The summed E-state index contributed by atoms with van der Waals surface area (Å²) >= 11 is 9.96. The number of carbonyl (C=O) groups is 3. The number of rotatable bonds is 15. The number of halogens is 3. The van der Waals surface area contributed by atoms with Gasteiger partial charge >= 0.3 is 17.9 Å². The lowest BCUT2D eigenvalue weighted by atomic mass is 10.2. The minimum Gasteiger partial charge on any atom is -0.426 e. The second kappa shape index (κ2) is 16.7. The maximum Gasteiger partial charge on any atom is 0.311 e. The molecule has 0 bridgehead atoms. The third-order valence-electron chi connectivity index (χ3n) is 3.84. The Bertz CT molecular complexity index is 578. The van der Waals surface area contributed by atoms with E-state index >= 15 is 0 Å². The maximum atomic E-state index is 12.0. The first kappa shape index (κ1) is 27.1. The van der Waals surface area contributed by atoms with Crippen LogP contribution in [0, 0.1) is 0 Å². The van der Waals surface area contributed by atoms with Crippen LogP contribution in [0.5, 0.6) is 17.2 Å².